The second-order valence-corrected chi connectivity index (χ2v) is 0.762. The van der Waals surface area contributed by atoms with Crippen LogP contribution in [0.15, 0.2) is 0 Å². The summed E-state index contributed by atoms with van der Waals surface area (Å²) < 4.78 is 0. The predicted molar refractivity (Wildman–Crippen MR) is 31.4 cm³/mol. The number of guanidine groups is 1. The zero-order chi connectivity index (χ0) is 6.28. The smallest absolute Gasteiger partial charge is 1.00 e. The van der Waals surface area contributed by atoms with Gasteiger partial charge in [-0.1, -0.05) is 0 Å². The van der Waals surface area contributed by atoms with E-state index < -0.39 is 0 Å². The molecule has 0 aliphatic rings. The van der Waals surface area contributed by atoms with Crippen molar-refractivity contribution in [1.29, 1.82) is 10.8 Å². The van der Waals surface area contributed by atoms with Crippen LogP contribution in [0.25, 0.3) is 0 Å². The van der Waals surface area contributed by atoms with Crippen LogP contribution in [0.3, 0.4) is 0 Å². The zero-order valence-corrected chi connectivity index (χ0v) is 12.8. The van der Waals surface area contributed by atoms with Crippen molar-refractivity contribution in [3.8, 4) is 0 Å². The van der Waals surface area contributed by atoms with E-state index >= 15 is 0 Å². The minimum atomic E-state index is -0.333. The molecule has 9 heavy (non-hydrogen) atoms. The molecular formula is C2H6ClCsN4S. The average molecular weight is 287 g/mol. The van der Waals surface area contributed by atoms with E-state index in [0.717, 1.165) is 0 Å². The molecule has 7 heteroatoms. The molecule has 0 bridgehead atoms. The summed E-state index contributed by atoms with van der Waals surface area (Å²) in [6, 6.07) is 0. The van der Waals surface area contributed by atoms with Gasteiger partial charge in [-0.2, -0.15) is 0 Å². The monoisotopic (exact) mass is 286 g/mol. The zero-order valence-electron chi connectivity index (χ0n) is 4.94. The summed E-state index contributed by atoms with van der Waals surface area (Å²) >= 11 is 3.81. The van der Waals surface area contributed by atoms with Crippen molar-refractivity contribution in [2.24, 2.45) is 11.5 Å². The molecule has 0 atom stereocenters. The van der Waals surface area contributed by atoms with E-state index in [2.05, 4.69) is 23.7 Å². The van der Waals surface area contributed by atoms with Gasteiger partial charge in [0.05, 0.1) is 5.16 Å². The van der Waals surface area contributed by atoms with Gasteiger partial charge >= 0.3 is 68.9 Å². The molecule has 0 fully saturated rings. The maximum atomic E-state index is 6.06. The molecule has 0 aromatic carbocycles. The Balaban J connectivity index is -0.0000000233. The third-order valence-corrected chi connectivity index (χ3v) is 0. The molecule has 0 heterocycles. The van der Waals surface area contributed by atoms with Crippen molar-refractivity contribution >= 4 is 23.3 Å². The van der Waals surface area contributed by atoms with E-state index in [9.17, 15) is 0 Å². The second-order valence-electron chi connectivity index (χ2n) is 0.557. The largest absolute Gasteiger partial charge is 1.00 e. The molecule has 0 aliphatic heterocycles. The Labute approximate surface area is 124 Å². The number of halogens is 1. The number of rotatable bonds is 0. The second kappa shape index (κ2) is 22.7. The van der Waals surface area contributed by atoms with Crippen LogP contribution >= 0.6 is 12.2 Å². The Morgan fingerprint density at radius 2 is 1.44 bits per heavy atom. The van der Waals surface area contributed by atoms with Gasteiger partial charge in [0.15, 0.2) is 5.96 Å². The van der Waals surface area contributed by atoms with Gasteiger partial charge in [0.2, 0.25) is 0 Å². The molecule has 0 radical (unpaired) electrons. The molecule has 0 rings (SSSR count). The number of nitrogens with two attached hydrogens (primary N) is 2. The molecule has 4 nitrogen and oxygen atoms in total. The maximum absolute atomic E-state index is 6.06. The van der Waals surface area contributed by atoms with E-state index in [-0.39, 0.29) is 87.3 Å². The van der Waals surface area contributed by atoms with Crippen LogP contribution in [0.4, 0.5) is 0 Å². The molecule has 0 saturated heterocycles. The molecule has 0 saturated carbocycles. The first-order valence-corrected chi connectivity index (χ1v) is 1.69. The van der Waals surface area contributed by atoms with Gasteiger partial charge in [-0.05, 0) is 12.2 Å². The van der Waals surface area contributed by atoms with Crippen LogP contribution in [0.2, 0.25) is 0 Å². The van der Waals surface area contributed by atoms with Crippen molar-refractivity contribution in [3.63, 3.8) is 0 Å². The van der Waals surface area contributed by atoms with E-state index in [1.54, 1.807) is 5.16 Å². The summed E-state index contributed by atoms with van der Waals surface area (Å²) in [6.07, 6.45) is 0. The molecule has 48 valence electrons. The van der Waals surface area contributed by atoms with Gasteiger partial charge in [-0.15, -0.1) is 0 Å². The fraction of sp³-hybridized carbons (Fsp3) is 0. The Morgan fingerprint density at radius 1 is 1.44 bits per heavy atom. The van der Waals surface area contributed by atoms with E-state index in [1.165, 1.54) is 0 Å². The van der Waals surface area contributed by atoms with Gasteiger partial charge in [-0.25, -0.2) is 5.41 Å². The number of isothiocyanates is 1. The topological polar surface area (TPSA) is 99.7 Å². The van der Waals surface area contributed by atoms with Gasteiger partial charge in [-0.3, -0.25) is 5.41 Å². The molecule has 0 aromatic heterocycles. The summed E-state index contributed by atoms with van der Waals surface area (Å²) in [7, 11) is 0. The van der Waals surface area contributed by atoms with Crippen molar-refractivity contribution in [1.82, 2.24) is 0 Å². The molecule has 0 spiro atoms. The fourth-order valence-corrected chi connectivity index (χ4v) is 0. The van der Waals surface area contributed by atoms with Crippen LogP contribution in [-0.2, 0) is 0 Å². The van der Waals surface area contributed by atoms with Crippen LogP contribution < -0.4 is 92.8 Å². The normalized spacial score (nSPS) is 3.56. The van der Waals surface area contributed by atoms with E-state index in [4.69, 9.17) is 10.8 Å². The summed E-state index contributed by atoms with van der Waals surface area (Å²) in [5, 5.41) is 13.4. The minimum Gasteiger partial charge on any atom is -1.00 e. The number of nitrogens with one attached hydrogen (secondary N) is 2. The first-order chi connectivity index (χ1) is 3.15. The summed E-state index contributed by atoms with van der Waals surface area (Å²) in [5.74, 6) is -0.333. The van der Waals surface area contributed by atoms with Gasteiger partial charge < -0.3 is 23.9 Å². The summed E-state index contributed by atoms with van der Waals surface area (Å²) in [6.45, 7) is 0. The van der Waals surface area contributed by atoms with Crippen LogP contribution in [0.5, 0.6) is 0 Å². The Kier molecular flexibility index (Phi) is 56.7. The number of hydrogen-bond acceptors (Lipinski definition) is 3. The minimum absolute atomic E-state index is 0. The number of thiocarbonyl (C=S) groups is 1. The summed E-state index contributed by atoms with van der Waals surface area (Å²) in [5.41, 5.74) is 8.94. The number of hydrogen-bond donors (Lipinski definition) is 4. The van der Waals surface area contributed by atoms with Crippen LogP contribution in [0.1, 0.15) is 0 Å². The van der Waals surface area contributed by atoms with Crippen molar-refractivity contribution in [2.45, 2.75) is 0 Å². The van der Waals surface area contributed by atoms with Gasteiger partial charge in [0.1, 0.15) is 0 Å². The average Bonchev–Trinajstić information content (AvgIpc) is 1.33. The van der Waals surface area contributed by atoms with Crippen molar-refractivity contribution in [3.05, 3.63) is 0 Å². The molecule has 0 amide bonds. The van der Waals surface area contributed by atoms with Crippen molar-refractivity contribution < 1.29 is 81.3 Å². The Morgan fingerprint density at radius 3 is 1.44 bits per heavy atom. The third kappa shape index (κ3) is 259. The first kappa shape index (κ1) is 22.4. The van der Waals surface area contributed by atoms with Gasteiger partial charge in [0.25, 0.3) is 0 Å². The standard InChI is InChI=1S/CH5N3.CHNS.ClH.Cs/c2-1(3)4;2-1-3;;/h(H5,2,3,4);2H;1H;/q;;;+1/p-1. The van der Waals surface area contributed by atoms with E-state index in [1.807, 2.05) is 0 Å². The molecular weight excluding hydrogens is 280 g/mol. The maximum Gasteiger partial charge on any atom is 1.00 e. The summed E-state index contributed by atoms with van der Waals surface area (Å²) in [4.78, 5) is 0. The predicted octanol–water partition coefficient (Wildman–Crippen LogP) is -6.49. The van der Waals surface area contributed by atoms with Crippen LogP contribution in [0, 0.1) is 10.8 Å². The molecule has 6 N–H and O–H groups in total. The Hall–Kier alpha value is 1.41. The quantitative estimate of drug-likeness (QED) is 0.202. The molecule has 0 aliphatic carbocycles. The van der Waals surface area contributed by atoms with Crippen molar-refractivity contribution in [2.75, 3.05) is 0 Å². The Bertz CT molecular complexity index is 86.6. The molecule has 0 aromatic rings. The third-order valence-electron chi connectivity index (χ3n) is 0. The fourth-order valence-electron chi connectivity index (χ4n) is 0. The van der Waals surface area contributed by atoms with Crippen LogP contribution in [-0.4, -0.2) is 11.1 Å². The van der Waals surface area contributed by atoms with Gasteiger partial charge in [0, 0.05) is 0 Å². The SMILES string of the molecule is N=C(N)N.N=C=S.[Cl-].[Cs+]. The molecule has 0 unspecified atom stereocenters. The van der Waals surface area contributed by atoms with E-state index in [0.29, 0.717) is 0 Å². The first-order valence-electron chi connectivity index (χ1n) is 1.28.